The number of benzene rings is 1. The molecule has 2 atom stereocenters. The van der Waals surface area contributed by atoms with Gasteiger partial charge in [-0.1, -0.05) is 36.4 Å². The molecule has 1 N–H and O–H groups in total. The van der Waals surface area contributed by atoms with Gasteiger partial charge in [0, 0.05) is 32.1 Å². The van der Waals surface area contributed by atoms with E-state index < -0.39 is 0 Å². The van der Waals surface area contributed by atoms with Crippen molar-refractivity contribution in [2.24, 2.45) is 5.92 Å². The van der Waals surface area contributed by atoms with Crippen molar-refractivity contribution in [3.05, 3.63) is 66.0 Å². The molecule has 0 radical (unpaired) electrons. The first-order valence-corrected chi connectivity index (χ1v) is 8.74. The summed E-state index contributed by atoms with van der Waals surface area (Å²) < 4.78 is 5.95. The fraction of sp³-hybridized carbons (Fsp3) is 0.400. The van der Waals surface area contributed by atoms with E-state index >= 15 is 0 Å². The number of carbonyl (C=O) groups excluding carboxylic acids is 1. The Hall–Kier alpha value is -2.24. The molecule has 1 amide bonds. The number of hydrogen-bond acceptors (Lipinski definition) is 4. The van der Waals surface area contributed by atoms with Crippen LogP contribution in [0.5, 0.6) is 0 Å². The Morgan fingerprint density at radius 2 is 2.08 bits per heavy atom. The number of ether oxygens (including phenoxy) is 1. The van der Waals surface area contributed by atoms with E-state index in [-0.39, 0.29) is 24.5 Å². The van der Waals surface area contributed by atoms with Crippen LogP contribution in [-0.2, 0) is 16.1 Å². The summed E-state index contributed by atoms with van der Waals surface area (Å²) in [7, 11) is 0. The third kappa shape index (κ3) is 4.44. The molecule has 1 fully saturated rings. The van der Waals surface area contributed by atoms with Crippen LogP contribution in [0.3, 0.4) is 0 Å². The van der Waals surface area contributed by atoms with E-state index in [0.717, 1.165) is 24.0 Å². The lowest BCUT2D eigenvalue weighted by atomic mass is 9.88. The van der Waals surface area contributed by atoms with Crippen molar-refractivity contribution in [3.8, 4) is 0 Å². The molecule has 3 rings (SSSR count). The van der Waals surface area contributed by atoms with E-state index in [9.17, 15) is 9.90 Å². The second-order valence-corrected chi connectivity index (χ2v) is 6.30. The fourth-order valence-electron chi connectivity index (χ4n) is 3.34. The first-order chi connectivity index (χ1) is 12.3. The quantitative estimate of drug-likeness (QED) is 0.878. The van der Waals surface area contributed by atoms with Gasteiger partial charge < -0.3 is 14.7 Å². The largest absolute Gasteiger partial charge is 0.395 e. The molecule has 2 heterocycles. The normalized spacial score (nSPS) is 20.2. The highest BCUT2D eigenvalue weighted by Crippen LogP contribution is 2.35. The zero-order valence-electron chi connectivity index (χ0n) is 14.3. The smallest absolute Gasteiger partial charge is 0.229 e. The molecular formula is C20H24N2O3. The van der Waals surface area contributed by atoms with Gasteiger partial charge in [0.05, 0.1) is 18.6 Å². The monoisotopic (exact) mass is 340 g/mol. The Labute approximate surface area is 148 Å². The van der Waals surface area contributed by atoms with Crippen LogP contribution in [0.4, 0.5) is 0 Å². The van der Waals surface area contributed by atoms with Crippen LogP contribution < -0.4 is 0 Å². The van der Waals surface area contributed by atoms with E-state index in [2.05, 4.69) is 4.98 Å². The van der Waals surface area contributed by atoms with Crippen molar-refractivity contribution in [1.29, 1.82) is 0 Å². The maximum atomic E-state index is 13.2. The average molecular weight is 340 g/mol. The third-order valence-electron chi connectivity index (χ3n) is 4.55. The Balaban J connectivity index is 1.79. The zero-order chi connectivity index (χ0) is 17.5. The molecule has 1 aliphatic heterocycles. The molecular weight excluding hydrogens is 316 g/mol. The Morgan fingerprint density at radius 3 is 2.80 bits per heavy atom. The lowest BCUT2D eigenvalue weighted by Crippen LogP contribution is -2.41. The van der Waals surface area contributed by atoms with Crippen LogP contribution in [0.2, 0.25) is 0 Å². The number of pyridine rings is 1. The van der Waals surface area contributed by atoms with Gasteiger partial charge in [-0.15, -0.1) is 0 Å². The molecule has 1 saturated heterocycles. The van der Waals surface area contributed by atoms with Crippen LogP contribution in [0, 0.1) is 5.92 Å². The lowest BCUT2D eigenvalue weighted by molar-refractivity contribution is -0.146. The molecule has 5 nitrogen and oxygen atoms in total. The van der Waals surface area contributed by atoms with Gasteiger partial charge in [0.2, 0.25) is 5.91 Å². The lowest BCUT2D eigenvalue weighted by Gasteiger charge is -2.35. The minimum atomic E-state index is -0.224. The van der Waals surface area contributed by atoms with Crippen molar-refractivity contribution < 1.29 is 14.6 Å². The highest BCUT2D eigenvalue weighted by Gasteiger charge is 2.35. The Kier molecular flexibility index (Phi) is 6.14. The summed E-state index contributed by atoms with van der Waals surface area (Å²) in [4.78, 5) is 19.0. The summed E-state index contributed by atoms with van der Waals surface area (Å²) >= 11 is 0. The third-order valence-corrected chi connectivity index (χ3v) is 4.55. The number of aromatic nitrogens is 1. The molecule has 5 heteroatoms. The number of rotatable bonds is 6. The molecule has 2 unspecified atom stereocenters. The van der Waals surface area contributed by atoms with Gasteiger partial charge in [0.1, 0.15) is 0 Å². The topological polar surface area (TPSA) is 62.7 Å². The van der Waals surface area contributed by atoms with Crippen LogP contribution in [0.15, 0.2) is 54.9 Å². The van der Waals surface area contributed by atoms with Crippen molar-refractivity contribution in [3.63, 3.8) is 0 Å². The number of aliphatic hydroxyl groups is 1. The fourth-order valence-corrected chi connectivity index (χ4v) is 3.34. The molecule has 1 aromatic heterocycles. The van der Waals surface area contributed by atoms with Crippen LogP contribution >= 0.6 is 0 Å². The summed E-state index contributed by atoms with van der Waals surface area (Å²) in [5, 5.41) is 9.40. The summed E-state index contributed by atoms with van der Waals surface area (Å²) in [6.45, 7) is 1.37. The molecule has 2 aromatic rings. The Bertz CT molecular complexity index is 663. The van der Waals surface area contributed by atoms with Crippen LogP contribution in [0.1, 0.15) is 30.1 Å². The van der Waals surface area contributed by atoms with Gasteiger partial charge in [-0.3, -0.25) is 9.78 Å². The molecule has 0 spiro atoms. The standard InChI is InChI=1S/C20H24N2O3/c23-12-11-22(15-16-6-4-10-21-14-16)20(24)18-9-5-13-25-19(18)17-7-2-1-3-8-17/h1-4,6-8,10,14,18-19,23H,5,9,11-13,15H2. The van der Waals surface area contributed by atoms with Crippen LogP contribution in [-0.4, -0.2) is 40.7 Å². The van der Waals surface area contributed by atoms with E-state index in [1.54, 1.807) is 17.3 Å². The van der Waals surface area contributed by atoms with E-state index in [0.29, 0.717) is 19.7 Å². The number of hydrogen-bond donors (Lipinski definition) is 1. The predicted octanol–water partition coefficient (Wildman–Crippen LogP) is 2.57. The molecule has 0 aliphatic carbocycles. The molecule has 0 saturated carbocycles. The number of amides is 1. The molecule has 0 bridgehead atoms. The first-order valence-electron chi connectivity index (χ1n) is 8.74. The van der Waals surface area contributed by atoms with Crippen molar-refractivity contribution in [1.82, 2.24) is 9.88 Å². The van der Waals surface area contributed by atoms with Crippen LogP contribution in [0.25, 0.3) is 0 Å². The zero-order valence-corrected chi connectivity index (χ0v) is 14.3. The van der Waals surface area contributed by atoms with Crippen molar-refractivity contribution >= 4 is 5.91 Å². The van der Waals surface area contributed by atoms with Crippen molar-refractivity contribution in [2.75, 3.05) is 19.8 Å². The SMILES string of the molecule is O=C(C1CCCOC1c1ccccc1)N(CCO)Cc1cccnc1. The van der Waals surface area contributed by atoms with Crippen molar-refractivity contribution in [2.45, 2.75) is 25.5 Å². The second-order valence-electron chi connectivity index (χ2n) is 6.30. The van der Waals surface area contributed by atoms with Gasteiger partial charge in [-0.25, -0.2) is 0 Å². The van der Waals surface area contributed by atoms with Gasteiger partial charge in [-0.05, 0) is 30.0 Å². The first kappa shape index (κ1) is 17.6. The molecule has 1 aliphatic rings. The summed E-state index contributed by atoms with van der Waals surface area (Å²) in [6, 6.07) is 13.7. The maximum Gasteiger partial charge on any atom is 0.229 e. The Morgan fingerprint density at radius 1 is 1.24 bits per heavy atom. The number of nitrogens with zero attached hydrogens (tertiary/aromatic N) is 2. The molecule has 1 aromatic carbocycles. The molecule has 132 valence electrons. The number of carbonyl (C=O) groups is 1. The van der Waals surface area contributed by atoms with E-state index in [1.165, 1.54) is 0 Å². The molecule has 25 heavy (non-hydrogen) atoms. The second kappa shape index (κ2) is 8.74. The average Bonchev–Trinajstić information content (AvgIpc) is 2.68. The summed E-state index contributed by atoms with van der Waals surface area (Å²) in [5.41, 5.74) is 1.99. The van der Waals surface area contributed by atoms with Gasteiger partial charge in [0.15, 0.2) is 0 Å². The van der Waals surface area contributed by atoms with Gasteiger partial charge in [-0.2, -0.15) is 0 Å². The minimum absolute atomic E-state index is 0.0338. The minimum Gasteiger partial charge on any atom is -0.395 e. The van der Waals surface area contributed by atoms with E-state index in [4.69, 9.17) is 4.74 Å². The predicted molar refractivity (Wildman–Crippen MR) is 94.6 cm³/mol. The van der Waals surface area contributed by atoms with Gasteiger partial charge in [0.25, 0.3) is 0 Å². The summed E-state index contributed by atoms with van der Waals surface area (Å²) in [6.07, 6.45) is 4.91. The van der Waals surface area contributed by atoms with Gasteiger partial charge >= 0.3 is 0 Å². The van der Waals surface area contributed by atoms with E-state index in [1.807, 2.05) is 42.5 Å². The number of aliphatic hydroxyl groups excluding tert-OH is 1. The summed E-state index contributed by atoms with van der Waals surface area (Å²) in [5.74, 6) is -0.189. The highest BCUT2D eigenvalue weighted by atomic mass is 16.5. The highest BCUT2D eigenvalue weighted by molar-refractivity contribution is 5.79. The maximum absolute atomic E-state index is 13.2.